The number of hydrogen-bond acceptors (Lipinski definition) is 2. The van der Waals surface area contributed by atoms with Gasteiger partial charge in [-0.3, -0.25) is 4.79 Å². The lowest BCUT2D eigenvalue weighted by atomic mass is 10.0. The molecule has 0 spiro atoms. The summed E-state index contributed by atoms with van der Waals surface area (Å²) in [7, 11) is 0. The minimum Gasteiger partial charge on any atom is -0.289 e. The van der Waals surface area contributed by atoms with Crippen LogP contribution >= 0.6 is 0 Å². The van der Waals surface area contributed by atoms with Gasteiger partial charge in [0, 0.05) is 16.7 Å². The van der Waals surface area contributed by atoms with Crippen molar-refractivity contribution in [2.45, 2.75) is 0 Å². The first-order chi connectivity index (χ1) is 12.8. The second-order valence-electron chi connectivity index (χ2n) is 5.59. The number of allylic oxidation sites excluding steroid dienone is 1. The number of nitriles is 1. The van der Waals surface area contributed by atoms with Crippen LogP contribution in [0.4, 0.5) is 0 Å². The van der Waals surface area contributed by atoms with Gasteiger partial charge in [0.1, 0.15) is 0 Å². The van der Waals surface area contributed by atoms with Crippen molar-refractivity contribution < 1.29 is 4.79 Å². The number of nitrogens with zero attached hydrogens (tertiary/aromatic N) is 1. The topological polar surface area (TPSA) is 40.9 Å². The lowest BCUT2D eigenvalue weighted by Gasteiger charge is -2.00. The van der Waals surface area contributed by atoms with Crippen molar-refractivity contribution in [1.29, 1.82) is 5.26 Å². The summed E-state index contributed by atoms with van der Waals surface area (Å²) in [6.07, 6.45) is 3.27. The van der Waals surface area contributed by atoms with E-state index in [0.717, 1.165) is 11.1 Å². The number of benzene rings is 3. The van der Waals surface area contributed by atoms with E-state index in [1.54, 1.807) is 24.3 Å². The molecule has 0 saturated carbocycles. The third kappa shape index (κ3) is 4.35. The van der Waals surface area contributed by atoms with E-state index >= 15 is 0 Å². The molecular formula is C24H15NO. The zero-order valence-corrected chi connectivity index (χ0v) is 14.0. The molecule has 0 unspecified atom stereocenters. The number of hydrogen-bond donors (Lipinski definition) is 0. The van der Waals surface area contributed by atoms with Crippen molar-refractivity contribution >= 4 is 11.9 Å². The molecule has 0 atom stereocenters. The Hall–Kier alpha value is -3.88. The number of carbonyl (C=O) groups excluding carboxylic acids is 1. The Morgan fingerprint density at radius 2 is 1.46 bits per heavy atom. The first-order valence-corrected chi connectivity index (χ1v) is 8.15. The number of ketones is 1. The molecule has 0 fully saturated rings. The molecule has 0 bridgehead atoms. The highest BCUT2D eigenvalue weighted by molar-refractivity contribution is 6.08. The SMILES string of the molecule is N#Cc1ccc(/C=C/C(=O)c2ccccc2C#Cc2ccccc2)cc1. The van der Waals surface area contributed by atoms with E-state index in [1.165, 1.54) is 6.08 Å². The maximum atomic E-state index is 12.6. The molecular weight excluding hydrogens is 318 g/mol. The van der Waals surface area contributed by atoms with E-state index in [0.29, 0.717) is 16.7 Å². The summed E-state index contributed by atoms with van der Waals surface area (Å²) in [5, 5.41) is 8.82. The van der Waals surface area contributed by atoms with Gasteiger partial charge in [-0.25, -0.2) is 0 Å². The van der Waals surface area contributed by atoms with Crippen LogP contribution in [0.1, 0.15) is 32.6 Å². The normalized spacial score (nSPS) is 9.96. The standard InChI is InChI=1S/C24H15NO/c25-18-21-12-10-20(11-13-21)15-17-24(26)23-9-5-4-8-22(23)16-14-19-6-2-1-3-7-19/h1-13,15,17H/b17-15+. The maximum Gasteiger partial charge on any atom is 0.187 e. The van der Waals surface area contributed by atoms with Crippen LogP contribution in [0.3, 0.4) is 0 Å². The Balaban J connectivity index is 1.83. The average molecular weight is 333 g/mol. The fraction of sp³-hybridized carbons (Fsp3) is 0. The monoisotopic (exact) mass is 333 g/mol. The van der Waals surface area contributed by atoms with Gasteiger partial charge in [-0.2, -0.15) is 5.26 Å². The summed E-state index contributed by atoms with van der Waals surface area (Å²) in [5.41, 5.74) is 3.63. The molecule has 0 aliphatic carbocycles. The molecule has 3 aromatic rings. The highest BCUT2D eigenvalue weighted by Gasteiger charge is 2.06. The lowest BCUT2D eigenvalue weighted by Crippen LogP contribution is -1.98. The Bertz CT molecular complexity index is 1040. The van der Waals surface area contributed by atoms with Gasteiger partial charge >= 0.3 is 0 Å². The van der Waals surface area contributed by atoms with E-state index in [1.807, 2.05) is 60.7 Å². The number of carbonyl (C=O) groups is 1. The van der Waals surface area contributed by atoms with Crippen LogP contribution in [0.15, 0.2) is 84.9 Å². The van der Waals surface area contributed by atoms with Gasteiger partial charge in [-0.05, 0) is 48.0 Å². The molecule has 0 saturated heterocycles. The zero-order chi connectivity index (χ0) is 18.2. The first-order valence-electron chi connectivity index (χ1n) is 8.15. The third-order valence-corrected chi connectivity index (χ3v) is 3.77. The van der Waals surface area contributed by atoms with Crippen molar-refractivity contribution in [2.75, 3.05) is 0 Å². The maximum absolute atomic E-state index is 12.6. The molecule has 122 valence electrons. The Kier molecular flexibility index (Phi) is 5.41. The molecule has 0 aliphatic heterocycles. The van der Waals surface area contributed by atoms with Crippen molar-refractivity contribution in [3.8, 4) is 17.9 Å². The van der Waals surface area contributed by atoms with Gasteiger partial charge in [-0.15, -0.1) is 0 Å². The van der Waals surface area contributed by atoms with E-state index < -0.39 is 0 Å². The van der Waals surface area contributed by atoms with Crippen molar-refractivity contribution in [2.24, 2.45) is 0 Å². The Morgan fingerprint density at radius 3 is 2.19 bits per heavy atom. The Morgan fingerprint density at radius 1 is 0.769 bits per heavy atom. The second kappa shape index (κ2) is 8.29. The van der Waals surface area contributed by atoms with Gasteiger partial charge in [0.2, 0.25) is 0 Å². The van der Waals surface area contributed by atoms with Gasteiger partial charge in [0.05, 0.1) is 11.6 Å². The molecule has 0 heterocycles. The third-order valence-electron chi connectivity index (χ3n) is 3.77. The summed E-state index contributed by atoms with van der Waals surface area (Å²) in [6.45, 7) is 0. The van der Waals surface area contributed by atoms with Crippen LogP contribution in [0.2, 0.25) is 0 Å². The second-order valence-corrected chi connectivity index (χ2v) is 5.59. The average Bonchev–Trinajstić information content (AvgIpc) is 2.72. The molecule has 2 nitrogen and oxygen atoms in total. The molecule has 0 aromatic heterocycles. The largest absolute Gasteiger partial charge is 0.289 e. The predicted molar refractivity (Wildman–Crippen MR) is 103 cm³/mol. The molecule has 0 aliphatic rings. The van der Waals surface area contributed by atoms with Gasteiger partial charge in [-0.1, -0.05) is 60.4 Å². The van der Waals surface area contributed by atoms with E-state index in [2.05, 4.69) is 17.9 Å². The fourth-order valence-electron chi connectivity index (χ4n) is 2.40. The lowest BCUT2D eigenvalue weighted by molar-refractivity contribution is 0.104. The van der Waals surface area contributed by atoms with E-state index in [9.17, 15) is 4.79 Å². The van der Waals surface area contributed by atoms with Crippen LogP contribution < -0.4 is 0 Å². The van der Waals surface area contributed by atoms with Crippen molar-refractivity contribution in [3.05, 3.63) is 113 Å². The smallest absolute Gasteiger partial charge is 0.187 e. The Labute approximate surface area is 153 Å². The van der Waals surface area contributed by atoms with Gasteiger partial charge in [0.25, 0.3) is 0 Å². The van der Waals surface area contributed by atoms with Gasteiger partial charge in [0.15, 0.2) is 5.78 Å². The predicted octanol–water partition coefficient (Wildman–Crippen LogP) is 4.85. The summed E-state index contributed by atoms with van der Waals surface area (Å²) < 4.78 is 0. The van der Waals surface area contributed by atoms with E-state index in [4.69, 9.17) is 5.26 Å². The summed E-state index contributed by atoms with van der Waals surface area (Å²) in [4.78, 5) is 12.6. The highest BCUT2D eigenvalue weighted by Crippen LogP contribution is 2.12. The minimum absolute atomic E-state index is 0.104. The molecule has 3 rings (SSSR count). The molecule has 26 heavy (non-hydrogen) atoms. The number of rotatable bonds is 3. The van der Waals surface area contributed by atoms with Crippen LogP contribution in [-0.4, -0.2) is 5.78 Å². The first kappa shape index (κ1) is 17.0. The fourth-order valence-corrected chi connectivity index (χ4v) is 2.40. The summed E-state index contributed by atoms with van der Waals surface area (Å²) in [6, 6.07) is 26.1. The summed E-state index contributed by atoms with van der Waals surface area (Å²) >= 11 is 0. The molecule has 0 radical (unpaired) electrons. The van der Waals surface area contributed by atoms with Crippen LogP contribution in [-0.2, 0) is 0 Å². The van der Waals surface area contributed by atoms with Crippen LogP contribution in [0.25, 0.3) is 6.08 Å². The van der Waals surface area contributed by atoms with Crippen molar-refractivity contribution in [1.82, 2.24) is 0 Å². The van der Waals surface area contributed by atoms with E-state index in [-0.39, 0.29) is 5.78 Å². The minimum atomic E-state index is -0.104. The van der Waals surface area contributed by atoms with Gasteiger partial charge < -0.3 is 0 Å². The molecule has 3 aromatic carbocycles. The summed E-state index contributed by atoms with van der Waals surface area (Å²) in [5.74, 6) is 6.06. The van der Waals surface area contributed by atoms with Crippen molar-refractivity contribution in [3.63, 3.8) is 0 Å². The zero-order valence-electron chi connectivity index (χ0n) is 14.0. The van der Waals surface area contributed by atoms with Crippen LogP contribution in [0.5, 0.6) is 0 Å². The quantitative estimate of drug-likeness (QED) is 0.390. The van der Waals surface area contributed by atoms with Crippen LogP contribution in [0, 0.1) is 23.2 Å². The molecule has 0 N–H and O–H groups in total. The highest BCUT2D eigenvalue weighted by atomic mass is 16.1. The molecule has 0 amide bonds. The molecule has 2 heteroatoms.